The van der Waals surface area contributed by atoms with Crippen molar-refractivity contribution in [2.24, 2.45) is 33.7 Å². The average molecular weight is 497 g/mol. The minimum Gasteiger partial charge on any atom is -0.504 e. The summed E-state index contributed by atoms with van der Waals surface area (Å²) in [5, 5.41) is 36.7. The summed E-state index contributed by atoms with van der Waals surface area (Å²) in [7, 11) is 0. The lowest BCUT2D eigenvalue weighted by Gasteiger charge is -2.57. The number of nitrogens with zero attached hydrogens (tertiary/aromatic N) is 1. The molecule has 0 unspecified atom stereocenters. The van der Waals surface area contributed by atoms with Crippen molar-refractivity contribution in [1.82, 2.24) is 5.32 Å². The van der Waals surface area contributed by atoms with Crippen molar-refractivity contribution >= 4 is 11.6 Å². The van der Waals surface area contributed by atoms with Gasteiger partial charge in [0.25, 0.3) is 5.91 Å². The summed E-state index contributed by atoms with van der Waals surface area (Å²) in [4.78, 5) is 17.5. The minimum atomic E-state index is -0.236. The number of hydrogen-bond acceptors (Lipinski definition) is 6. The second kappa shape index (κ2) is 9.73. The largest absolute Gasteiger partial charge is 0.504 e. The van der Waals surface area contributed by atoms with Gasteiger partial charge in [-0.05, 0) is 110 Å². The van der Waals surface area contributed by atoms with Crippen LogP contribution in [-0.4, -0.2) is 46.2 Å². The molecule has 4 aliphatic carbocycles. The Kier molecular flexibility index (Phi) is 6.79. The van der Waals surface area contributed by atoms with E-state index in [4.69, 9.17) is 4.84 Å². The van der Waals surface area contributed by atoms with Crippen LogP contribution in [0.3, 0.4) is 0 Å². The molecule has 36 heavy (non-hydrogen) atoms. The first-order valence-electron chi connectivity index (χ1n) is 13.6. The molecule has 0 heterocycles. The first kappa shape index (κ1) is 25.1. The monoisotopic (exact) mass is 496 g/mol. The summed E-state index contributed by atoms with van der Waals surface area (Å²) >= 11 is 0. The Balaban J connectivity index is 1.13. The van der Waals surface area contributed by atoms with Crippen LogP contribution in [0.15, 0.2) is 35.0 Å². The van der Waals surface area contributed by atoms with E-state index in [1.54, 1.807) is 6.07 Å². The maximum absolute atomic E-state index is 12.1. The predicted octanol–water partition coefficient (Wildman–Crippen LogP) is 4.45. The van der Waals surface area contributed by atoms with Crippen molar-refractivity contribution in [2.45, 2.75) is 77.7 Å². The average Bonchev–Trinajstić information content (AvgIpc) is 3.16. The molecular weight excluding hydrogens is 456 g/mol. The minimum absolute atomic E-state index is 0.111. The number of benzene rings is 1. The van der Waals surface area contributed by atoms with Gasteiger partial charge in [-0.15, -0.1) is 0 Å². The quantitative estimate of drug-likeness (QED) is 0.343. The number of aromatic hydroxyl groups is 2. The third kappa shape index (κ3) is 4.51. The number of amides is 1. The lowest BCUT2D eigenvalue weighted by atomic mass is 9.47. The highest BCUT2D eigenvalue weighted by molar-refractivity contribution is 5.96. The first-order valence-corrected chi connectivity index (χ1v) is 13.6. The molecule has 7 nitrogen and oxygen atoms in total. The lowest BCUT2D eigenvalue weighted by Crippen LogP contribution is -2.51. The van der Waals surface area contributed by atoms with Gasteiger partial charge in [-0.1, -0.05) is 30.6 Å². The third-order valence-electron chi connectivity index (χ3n) is 10.1. The second-order valence-electron chi connectivity index (χ2n) is 11.9. The van der Waals surface area contributed by atoms with Crippen LogP contribution in [-0.2, 0) is 16.1 Å². The van der Waals surface area contributed by atoms with Gasteiger partial charge in [0.1, 0.15) is 0 Å². The second-order valence-corrected chi connectivity index (χ2v) is 11.9. The number of allylic oxidation sites excluding steroid dienone is 2. The van der Waals surface area contributed by atoms with E-state index in [0.717, 1.165) is 43.4 Å². The van der Waals surface area contributed by atoms with Crippen molar-refractivity contribution in [1.29, 1.82) is 0 Å². The number of phenolic OH excluding ortho intramolecular Hbond substituents is 2. The van der Waals surface area contributed by atoms with Crippen LogP contribution in [0.2, 0.25) is 0 Å². The molecule has 4 aliphatic rings. The number of carbonyl (C=O) groups is 1. The Morgan fingerprint density at radius 1 is 1.08 bits per heavy atom. The summed E-state index contributed by atoms with van der Waals surface area (Å²) in [6, 6.07) is 4.64. The summed E-state index contributed by atoms with van der Waals surface area (Å²) in [5.41, 5.74) is 3.55. The van der Waals surface area contributed by atoms with Crippen LogP contribution in [0.4, 0.5) is 0 Å². The fourth-order valence-corrected chi connectivity index (χ4v) is 7.91. The topological polar surface area (TPSA) is 111 Å². The molecule has 1 aromatic carbocycles. The van der Waals surface area contributed by atoms with Crippen LogP contribution in [0.25, 0.3) is 0 Å². The number of nitrogens with one attached hydrogen (secondary N) is 1. The SMILES string of the molecule is C[C@]12CC[C@H]3[C@@H](CCC4=C/C(=N/OCC(=O)NCCc5ccc(O)c(O)c5)CC[C@@]43C)[C@@H]1CC[C@@H]2O. The zero-order valence-corrected chi connectivity index (χ0v) is 21.5. The van der Waals surface area contributed by atoms with Crippen LogP contribution in [0, 0.1) is 28.6 Å². The molecule has 6 atom stereocenters. The molecule has 0 spiro atoms. The number of rotatable bonds is 6. The van der Waals surface area contributed by atoms with E-state index in [9.17, 15) is 20.1 Å². The van der Waals surface area contributed by atoms with Gasteiger partial charge in [-0.2, -0.15) is 0 Å². The van der Waals surface area contributed by atoms with E-state index in [2.05, 4.69) is 30.4 Å². The molecule has 0 radical (unpaired) electrons. The Bertz CT molecular complexity index is 1070. The van der Waals surface area contributed by atoms with Gasteiger partial charge in [-0.3, -0.25) is 4.79 Å². The first-order chi connectivity index (χ1) is 17.2. The summed E-state index contributed by atoms with van der Waals surface area (Å²) in [6.07, 6.45) is 11.3. The number of phenols is 2. The number of hydrogen-bond donors (Lipinski definition) is 4. The number of fused-ring (bicyclic) bond motifs is 5. The van der Waals surface area contributed by atoms with Crippen LogP contribution in [0.5, 0.6) is 11.5 Å². The molecule has 0 aliphatic heterocycles. The Labute approximate surface area is 213 Å². The molecule has 0 bridgehead atoms. The van der Waals surface area contributed by atoms with Crippen LogP contribution in [0.1, 0.15) is 70.8 Å². The van der Waals surface area contributed by atoms with E-state index in [1.165, 1.54) is 37.0 Å². The van der Waals surface area contributed by atoms with Crippen molar-refractivity contribution in [3.8, 4) is 11.5 Å². The molecule has 1 aromatic rings. The van der Waals surface area contributed by atoms with Gasteiger partial charge in [-0.25, -0.2) is 0 Å². The zero-order chi connectivity index (χ0) is 25.5. The van der Waals surface area contributed by atoms with Gasteiger partial charge in [0, 0.05) is 6.54 Å². The highest BCUT2D eigenvalue weighted by Gasteiger charge is 2.58. The Hall–Kier alpha value is -2.54. The number of carbonyl (C=O) groups excluding carboxylic acids is 1. The van der Waals surface area contributed by atoms with E-state index in [-0.39, 0.29) is 40.9 Å². The molecule has 7 heteroatoms. The number of aliphatic hydroxyl groups excluding tert-OH is 1. The summed E-state index contributed by atoms with van der Waals surface area (Å²) in [6.45, 7) is 5.06. The van der Waals surface area contributed by atoms with Gasteiger partial charge < -0.3 is 25.5 Å². The number of aliphatic hydroxyl groups is 1. The fraction of sp³-hybridized carbons (Fsp3) is 0.655. The van der Waals surface area contributed by atoms with Gasteiger partial charge in [0.15, 0.2) is 18.1 Å². The van der Waals surface area contributed by atoms with Gasteiger partial charge in [0.05, 0.1) is 11.8 Å². The predicted molar refractivity (Wildman–Crippen MR) is 138 cm³/mol. The molecule has 4 N–H and O–H groups in total. The smallest absolute Gasteiger partial charge is 0.260 e. The molecule has 196 valence electrons. The van der Waals surface area contributed by atoms with Crippen LogP contribution >= 0.6 is 0 Å². The maximum Gasteiger partial charge on any atom is 0.260 e. The van der Waals surface area contributed by atoms with Crippen molar-refractivity contribution in [2.75, 3.05) is 13.2 Å². The van der Waals surface area contributed by atoms with E-state index >= 15 is 0 Å². The Morgan fingerprint density at radius 2 is 1.92 bits per heavy atom. The van der Waals surface area contributed by atoms with Crippen molar-refractivity contribution in [3.63, 3.8) is 0 Å². The molecule has 3 saturated carbocycles. The van der Waals surface area contributed by atoms with Crippen LogP contribution < -0.4 is 5.32 Å². The molecule has 3 fully saturated rings. The highest BCUT2D eigenvalue weighted by atomic mass is 16.6. The summed E-state index contributed by atoms with van der Waals surface area (Å²) in [5.74, 6) is 1.50. The summed E-state index contributed by atoms with van der Waals surface area (Å²) < 4.78 is 0. The van der Waals surface area contributed by atoms with E-state index in [0.29, 0.717) is 30.7 Å². The number of oxime groups is 1. The lowest BCUT2D eigenvalue weighted by molar-refractivity contribution is -0.125. The van der Waals surface area contributed by atoms with Gasteiger partial charge in [0.2, 0.25) is 0 Å². The maximum atomic E-state index is 12.1. The third-order valence-corrected chi connectivity index (χ3v) is 10.1. The fourth-order valence-electron chi connectivity index (χ4n) is 7.91. The molecule has 0 saturated heterocycles. The van der Waals surface area contributed by atoms with E-state index in [1.807, 2.05) is 0 Å². The molecular formula is C29H40N2O5. The Morgan fingerprint density at radius 3 is 2.72 bits per heavy atom. The van der Waals surface area contributed by atoms with E-state index < -0.39 is 0 Å². The highest BCUT2D eigenvalue weighted by Crippen LogP contribution is 2.65. The van der Waals surface area contributed by atoms with Crippen molar-refractivity contribution in [3.05, 3.63) is 35.4 Å². The zero-order valence-electron chi connectivity index (χ0n) is 21.5. The van der Waals surface area contributed by atoms with Gasteiger partial charge >= 0.3 is 0 Å². The molecule has 5 rings (SSSR count). The van der Waals surface area contributed by atoms with Crippen molar-refractivity contribution < 1.29 is 25.0 Å². The molecule has 0 aromatic heterocycles. The normalized spacial score (nSPS) is 36.4. The molecule has 1 amide bonds. The standard InChI is InChI=1S/C29H40N2O5/c1-28-12-9-20(31-36-17-27(35)30-14-11-18-3-7-24(32)25(33)15-18)16-19(28)4-5-21-22-6-8-26(34)29(22,2)13-10-23(21)28/h3,7,15-16,21-23,26,32-34H,4-6,8-14,17H2,1-2H3,(H,30,35)/b31-20+/t21-,22-,23-,26-,28-,29-/m0/s1.